The van der Waals surface area contributed by atoms with Crippen molar-refractivity contribution in [1.29, 1.82) is 0 Å². The van der Waals surface area contributed by atoms with Gasteiger partial charge < -0.3 is 29.2 Å². The minimum Gasteiger partial charge on any atom is -0.508 e. The number of aromatic hydroxyl groups is 2. The smallest absolute Gasteiger partial charge is 0.231 e. The molecule has 2 aliphatic rings. The van der Waals surface area contributed by atoms with E-state index in [0.29, 0.717) is 34.1 Å². The van der Waals surface area contributed by atoms with Crippen molar-refractivity contribution in [3.8, 4) is 34.5 Å². The van der Waals surface area contributed by atoms with Crippen molar-refractivity contribution in [2.75, 3.05) is 13.6 Å². The highest BCUT2D eigenvalue weighted by molar-refractivity contribution is 5.58. The third-order valence-electron chi connectivity index (χ3n) is 3.98. The number of benzene rings is 2. The van der Waals surface area contributed by atoms with Crippen LogP contribution in [0.4, 0.5) is 0 Å². The third-order valence-corrected chi connectivity index (χ3v) is 3.98. The first-order valence-corrected chi connectivity index (χ1v) is 6.88. The summed E-state index contributed by atoms with van der Waals surface area (Å²) < 4.78 is 21.2. The van der Waals surface area contributed by atoms with Crippen LogP contribution in [0.3, 0.4) is 0 Å². The Kier molecular flexibility index (Phi) is 2.72. The van der Waals surface area contributed by atoms with E-state index in [2.05, 4.69) is 0 Å². The highest BCUT2D eigenvalue weighted by Crippen LogP contribution is 2.46. The Labute approximate surface area is 126 Å². The van der Waals surface area contributed by atoms with Crippen LogP contribution in [-0.4, -0.2) is 23.8 Å². The van der Waals surface area contributed by atoms with E-state index < -0.39 is 0 Å². The summed E-state index contributed by atoms with van der Waals surface area (Å²) in [5.74, 6) is 2.12. The van der Waals surface area contributed by atoms with Gasteiger partial charge in [0.25, 0.3) is 0 Å². The lowest BCUT2D eigenvalue weighted by Crippen LogP contribution is -1.98. The molecule has 0 aromatic heterocycles. The Bertz CT molecular complexity index is 691. The molecule has 0 fully saturated rings. The Morgan fingerprint density at radius 3 is 1.50 bits per heavy atom. The zero-order valence-corrected chi connectivity index (χ0v) is 11.8. The molecule has 0 spiro atoms. The predicted molar refractivity (Wildman–Crippen MR) is 76.0 cm³/mol. The van der Waals surface area contributed by atoms with Gasteiger partial charge in [-0.25, -0.2) is 0 Å². The van der Waals surface area contributed by atoms with Crippen molar-refractivity contribution >= 4 is 0 Å². The Morgan fingerprint density at radius 2 is 1.09 bits per heavy atom. The van der Waals surface area contributed by atoms with Gasteiger partial charge in [0.15, 0.2) is 23.0 Å². The molecule has 0 atom stereocenters. The van der Waals surface area contributed by atoms with Gasteiger partial charge in [0.1, 0.15) is 11.5 Å². The summed E-state index contributed by atoms with van der Waals surface area (Å²) >= 11 is 0. The molecule has 0 saturated carbocycles. The van der Waals surface area contributed by atoms with E-state index in [0.717, 1.165) is 0 Å². The molecule has 2 aromatic carbocycles. The van der Waals surface area contributed by atoms with E-state index in [1.54, 1.807) is 12.1 Å². The van der Waals surface area contributed by atoms with Gasteiger partial charge in [-0.05, 0) is 12.1 Å². The fourth-order valence-corrected chi connectivity index (χ4v) is 2.76. The minimum atomic E-state index is -0.260. The number of hydrogen-bond donors (Lipinski definition) is 2. The molecule has 0 unspecified atom stereocenters. The van der Waals surface area contributed by atoms with Gasteiger partial charge in [0, 0.05) is 29.2 Å². The number of ether oxygens (including phenoxy) is 4. The summed E-state index contributed by atoms with van der Waals surface area (Å²) in [5.41, 5.74) is 1.27. The summed E-state index contributed by atoms with van der Waals surface area (Å²) in [7, 11) is 0. The standard InChI is InChI=1S/C16H14O6/c1-8(9-2-13-15(4-11(9)17)21-6-19-13)10-3-14-16(5-12(10)18)22-7-20-14/h2-5,8,17-18H,6-7H2,1H3. The molecule has 4 rings (SSSR count). The lowest BCUT2D eigenvalue weighted by atomic mass is 9.91. The van der Waals surface area contributed by atoms with Crippen LogP contribution in [0.1, 0.15) is 24.0 Å². The van der Waals surface area contributed by atoms with Gasteiger partial charge in [-0.3, -0.25) is 0 Å². The maximum Gasteiger partial charge on any atom is 0.231 e. The fraction of sp³-hybridized carbons (Fsp3) is 0.250. The Hall–Kier alpha value is -2.76. The highest BCUT2D eigenvalue weighted by Gasteiger charge is 2.25. The van der Waals surface area contributed by atoms with Crippen LogP contribution in [0.15, 0.2) is 24.3 Å². The monoisotopic (exact) mass is 302 g/mol. The van der Waals surface area contributed by atoms with Crippen LogP contribution in [-0.2, 0) is 0 Å². The van der Waals surface area contributed by atoms with Gasteiger partial charge >= 0.3 is 0 Å². The second kappa shape index (κ2) is 4.62. The molecular formula is C16H14O6. The van der Waals surface area contributed by atoms with Crippen LogP contribution in [0.5, 0.6) is 34.5 Å². The molecule has 6 heteroatoms. The zero-order chi connectivity index (χ0) is 15.3. The summed E-state index contributed by atoms with van der Waals surface area (Å²) in [6, 6.07) is 6.51. The second-order valence-electron chi connectivity index (χ2n) is 5.25. The van der Waals surface area contributed by atoms with Crippen molar-refractivity contribution in [3.05, 3.63) is 35.4 Å². The first-order valence-electron chi connectivity index (χ1n) is 6.88. The number of rotatable bonds is 2. The molecule has 0 amide bonds. The molecule has 2 heterocycles. The average molecular weight is 302 g/mol. The van der Waals surface area contributed by atoms with Crippen LogP contribution < -0.4 is 18.9 Å². The first kappa shape index (κ1) is 12.9. The molecular weight excluding hydrogens is 288 g/mol. The predicted octanol–water partition coefficient (Wildman–Crippen LogP) is 2.71. The van der Waals surface area contributed by atoms with E-state index in [-0.39, 0.29) is 31.0 Å². The van der Waals surface area contributed by atoms with Crippen molar-refractivity contribution < 1.29 is 29.2 Å². The Balaban J connectivity index is 1.77. The normalized spacial score (nSPS) is 14.6. The molecule has 0 radical (unpaired) electrons. The molecule has 2 aliphatic heterocycles. The summed E-state index contributed by atoms with van der Waals surface area (Å²) in [5, 5.41) is 20.4. The molecule has 0 bridgehead atoms. The SMILES string of the molecule is CC(c1cc2c(cc1O)OCO2)c1cc2c(cc1O)OCO2. The van der Waals surface area contributed by atoms with E-state index in [9.17, 15) is 10.2 Å². The summed E-state index contributed by atoms with van der Waals surface area (Å²) in [6.07, 6.45) is 0. The Morgan fingerprint density at radius 1 is 0.727 bits per heavy atom. The number of phenolic OH excluding ortho intramolecular Hbond substituents is 2. The topological polar surface area (TPSA) is 77.4 Å². The zero-order valence-electron chi connectivity index (χ0n) is 11.8. The summed E-state index contributed by atoms with van der Waals surface area (Å²) in [4.78, 5) is 0. The molecule has 114 valence electrons. The molecule has 6 nitrogen and oxygen atoms in total. The van der Waals surface area contributed by atoms with Gasteiger partial charge in [0.2, 0.25) is 13.6 Å². The van der Waals surface area contributed by atoms with Crippen molar-refractivity contribution in [3.63, 3.8) is 0 Å². The van der Waals surface area contributed by atoms with E-state index in [1.165, 1.54) is 12.1 Å². The van der Waals surface area contributed by atoms with Crippen LogP contribution in [0.2, 0.25) is 0 Å². The first-order chi connectivity index (χ1) is 10.6. The van der Waals surface area contributed by atoms with Crippen molar-refractivity contribution in [2.45, 2.75) is 12.8 Å². The second-order valence-corrected chi connectivity index (χ2v) is 5.25. The lowest BCUT2D eigenvalue weighted by Gasteiger charge is -2.16. The fourth-order valence-electron chi connectivity index (χ4n) is 2.76. The number of phenols is 2. The maximum atomic E-state index is 10.2. The minimum absolute atomic E-state index is 0.0915. The molecule has 22 heavy (non-hydrogen) atoms. The summed E-state index contributed by atoms with van der Waals surface area (Å²) in [6.45, 7) is 2.16. The number of fused-ring (bicyclic) bond motifs is 2. The largest absolute Gasteiger partial charge is 0.508 e. The van der Waals surface area contributed by atoms with Crippen LogP contribution in [0.25, 0.3) is 0 Å². The average Bonchev–Trinajstić information content (AvgIpc) is 3.12. The third kappa shape index (κ3) is 1.88. The van der Waals surface area contributed by atoms with Crippen molar-refractivity contribution in [1.82, 2.24) is 0 Å². The molecule has 0 aliphatic carbocycles. The van der Waals surface area contributed by atoms with Crippen molar-refractivity contribution in [2.24, 2.45) is 0 Å². The van der Waals surface area contributed by atoms with E-state index in [4.69, 9.17) is 18.9 Å². The van der Waals surface area contributed by atoms with Crippen LogP contribution >= 0.6 is 0 Å². The molecule has 2 N–H and O–H groups in total. The molecule has 0 saturated heterocycles. The highest BCUT2D eigenvalue weighted by atomic mass is 16.7. The van der Waals surface area contributed by atoms with Gasteiger partial charge in [-0.2, -0.15) is 0 Å². The van der Waals surface area contributed by atoms with Gasteiger partial charge in [-0.15, -0.1) is 0 Å². The van der Waals surface area contributed by atoms with Crippen LogP contribution in [0, 0.1) is 0 Å². The quantitative estimate of drug-likeness (QED) is 0.888. The van der Waals surface area contributed by atoms with Gasteiger partial charge in [0.05, 0.1) is 0 Å². The van der Waals surface area contributed by atoms with E-state index >= 15 is 0 Å². The maximum absolute atomic E-state index is 10.2. The number of hydrogen-bond acceptors (Lipinski definition) is 6. The molecule has 2 aromatic rings. The van der Waals surface area contributed by atoms with Gasteiger partial charge in [-0.1, -0.05) is 6.92 Å². The lowest BCUT2D eigenvalue weighted by molar-refractivity contribution is 0.173. The van der Waals surface area contributed by atoms with E-state index in [1.807, 2.05) is 6.92 Å².